The standard InChI is InChI=1S/C14H14F3NO3/c1-9(7-12(19)14(15,16)17)18-11-5-3-10(4-6-11)8-13(20)21-2/h3-7,18H,8H2,1-2H3/b9-7+. The SMILES string of the molecule is COC(=O)Cc1ccc(N/C(C)=C/C(=O)C(F)(F)F)cc1. The molecule has 0 atom stereocenters. The van der Waals surface area contributed by atoms with Crippen LogP contribution in [0.4, 0.5) is 18.9 Å². The van der Waals surface area contributed by atoms with Crippen LogP contribution in [0.2, 0.25) is 0 Å². The molecule has 114 valence electrons. The van der Waals surface area contributed by atoms with Gasteiger partial charge in [0, 0.05) is 17.5 Å². The number of ketones is 1. The third kappa shape index (κ3) is 5.68. The maximum atomic E-state index is 12.1. The molecule has 1 rings (SSSR count). The lowest BCUT2D eigenvalue weighted by molar-refractivity contribution is -0.165. The molecule has 0 aliphatic carbocycles. The average molecular weight is 301 g/mol. The van der Waals surface area contributed by atoms with E-state index in [0.717, 1.165) is 0 Å². The van der Waals surface area contributed by atoms with Crippen LogP contribution in [0.15, 0.2) is 36.0 Å². The van der Waals surface area contributed by atoms with Crippen molar-refractivity contribution in [2.24, 2.45) is 0 Å². The van der Waals surface area contributed by atoms with Gasteiger partial charge in [-0.15, -0.1) is 0 Å². The Morgan fingerprint density at radius 3 is 2.29 bits per heavy atom. The summed E-state index contributed by atoms with van der Waals surface area (Å²) in [4.78, 5) is 21.8. The molecule has 0 radical (unpaired) electrons. The third-order valence-electron chi connectivity index (χ3n) is 2.50. The van der Waals surface area contributed by atoms with Crippen molar-refractivity contribution >= 4 is 17.4 Å². The molecule has 21 heavy (non-hydrogen) atoms. The van der Waals surface area contributed by atoms with E-state index in [0.29, 0.717) is 17.3 Å². The van der Waals surface area contributed by atoms with Crippen molar-refractivity contribution in [1.82, 2.24) is 0 Å². The summed E-state index contributed by atoms with van der Waals surface area (Å²) in [7, 11) is 1.28. The molecule has 1 N–H and O–H groups in total. The highest BCUT2D eigenvalue weighted by Gasteiger charge is 2.36. The summed E-state index contributed by atoms with van der Waals surface area (Å²) in [6, 6.07) is 6.46. The highest BCUT2D eigenvalue weighted by Crippen LogP contribution is 2.18. The fourth-order valence-electron chi connectivity index (χ4n) is 1.49. The van der Waals surface area contributed by atoms with E-state index >= 15 is 0 Å². The number of hydrogen-bond donors (Lipinski definition) is 1. The molecule has 0 bridgehead atoms. The van der Waals surface area contributed by atoms with Crippen LogP contribution in [0.1, 0.15) is 12.5 Å². The van der Waals surface area contributed by atoms with E-state index in [1.807, 2.05) is 0 Å². The Kier molecular flexibility index (Phi) is 5.52. The Balaban J connectivity index is 2.69. The van der Waals surface area contributed by atoms with Crippen LogP contribution < -0.4 is 5.32 Å². The molecule has 0 aliphatic rings. The first-order valence-corrected chi connectivity index (χ1v) is 5.94. The van der Waals surface area contributed by atoms with Gasteiger partial charge in [-0.05, 0) is 24.6 Å². The first-order chi connectivity index (χ1) is 9.72. The van der Waals surface area contributed by atoms with Crippen molar-refractivity contribution < 1.29 is 27.5 Å². The lowest BCUT2D eigenvalue weighted by Gasteiger charge is -2.08. The number of rotatable bonds is 5. The van der Waals surface area contributed by atoms with Crippen LogP contribution in [0.5, 0.6) is 0 Å². The predicted octanol–water partition coefficient (Wildman–Crippen LogP) is 2.85. The largest absolute Gasteiger partial charge is 0.469 e. The Labute approximate surface area is 119 Å². The monoisotopic (exact) mass is 301 g/mol. The van der Waals surface area contributed by atoms with E-state index in [4.69, 9.17) is 0 Å². The normalized spacial score (nSPS) is 12.0. The van der Waals surface area contributed by atoms with Crippen LogP contribution in [0.25, 0.3) is 0 Å². The molecule has 0 spiro atoms. The Morgan fingerprint density at radius 2 is 1.81 bits per heavy atom. The second-order valence-corrected chi connectivity index (χ2v) is 4.26. The summed E-state index contributed by atoms with van der Waals surface area (Å²) in [6.45, 7) is 1.35. The number of carbonyl (C=O) groups excluding carboxylic acids is 2. The number of hydrogen-bond acceptors (Lipinski definition) is 4. The molecule has 7 heteroatoms. The van der Waals surface area contributed by atoms with Gasteiger partial charge in [0.15, 0.2) is 0 Å². The second-order valence-electron chi connectivity index (χ2n) is 4.26. The summed E-state index contributed by atoms with van der Waals surface area (Å²) in [5.41, 5.74) is 1.28. The molecule has 4 nitrogen and oxygen atoms in total. The molecular weight excluding hydrogens is 287 g/mol. The van der Waals surface area contributed by atoms with Crippen molar-refractivity contribution in [2.75, 3.05) is 12.4 Å². The summed E-state index contributed by atoms with van der Waals surface area (Å²) >= 11 is 0. The van der Waals surface area contributed by atoms with E-state index in [1.54, 1.807) is 24.3 Å². The van der Waals surface area contributed by atoms with E-state index in [9.17, 15) is 22.8 Å². The minimum Gasteiger partial charge on any atom is -0.469 e. The molecule has 0 aromatic heterocycles. The minimum absolute atomic E-state index is 0.0676. The molecule has 0 amide bonds. The molecule has 0 fully saturated rings. The second kappa shape index (κ2) is 6.92. The highest BCUT2D eigenvalue weighted by atomic mass is 19.4. The number of nitrogens with one attached hydrogen (secondary N) is 1. The van der Waals surface area contributed by atoms with Crippen LogP contribution in [0, 0.1) is 0 Å². The lowest BCUT2D eigenvalue weighted by atomic mass is 10.1. The van der Waals surface area contributed by atoms with Gasteiger partial charge in [-0.2, -0.15) is 13.2 Å². The van der Waals surface area contributed by atoms with E-state index < -0.39 is 12.0 Å². The Morgan fingerprint density at radius 1 is 1.24 bits per heavy atom. The van der Waals surface area contributed by atoms with Gasteiger partial charge in [0.1, 0.15) is 0 Å². The van der Waals surface area contributed by atoms with Crippen LogP contribution in [-0.4, -0.2) is 25.0 Å². The number of esters is 1. The topological polar surface area (TPSA) is 55.4 Å². The third-order valence-corrected chi connectivity index (χ3v) is 2.50. The molecule has 0 unspecified atom stereocenters. The number of methoxy groups -OCH3 is 1. The lowest BCUT2D eigenvalue weighted by Crippen LogP contribution is -2.21. The van der Waals surface area contributed by atoms with Gasteiger partial charge in [0.25, 0.3) is 5.78 Å². The van der Waals surface area contributed by atoms with Crippen LogP contribution in [-0.2, 0) is 20.7 Å². The average Bonchev–Trinajstić information content (AvgIpc) is 2.39. The zero-order valence-corrected chi connectivity index (χ0v) is 11.5. The Hall–Kier alpha value is -2.31. The number of benzene rings is 1. The first-order valence-electron chi connectivity index (χ1n) is 5.94. The summed E-state index contributed by atoms with van der Waals surface area (Å²) in [6.07, 6.45) is -4.28. The predicted molar refractivity (Wildman–Crippen MR) is 70.6 cm³/mol. The van der Waals surface area contributed by atoms with Gasteiger partial charge >= 0.3 is 12.1 Å². The zero-order valence-electron chi connectivity index (χ0n) is 11.5. The van der Waals surface area contributed by atoms with Gasteiger partial charge in [0.05, 0.1) is 13.5 Å². The molecule has 1 aromatic carbocycles. The number of anilines is 1. The first kappa shape index (κ1) is 16.7. The van der Waals surface area contributed by atoms with Gasteiger partial charge in [-0.25, -0.2) is 0 Å². The molecule has 0 saturated heterocycles. The zero-order chi connectivity index (χ0) is 16.0. The maximum Gasteiger partial charge on any atom is 0.454 e. The van der Waals surface area contributed by atoms with Crippen molar-refractivity contribution in [2.45, 2.75) is 19.5 Å². The number of allylic oxidation sites excluding steroid dienone is 2. The molecule has 0 aliphatic heterocycles. The number of ether oxygens (including phenoxy) is 1. The van der Waals surface area contributed by atoms with Gasteiger partial charge in [-0.3, -0.25) is 9.59 Å². The summed E-state index contributed by atoms with van der Waals surface area (Å²) in [5.74, 6) is -2.31. The quantitative estimate of drug-likeness (QED) is 0.671. The number of carbonyl (C=O) groups is 2. The minimum atomic E-state index is -4.88. The van der Waals surface area contributed by atoms with E-state index in [2.05, 4.69) is 10.1 Å². The van der Waals surface area contributed by atoms with Gasteiger partial charge in [-0.1, -0.05) is 12.1 Å². The van der Waals surface area contributed by atoms with Crippen molar-refractivity contribution in [3.63, 3.8) is 0 Å². The smallest absolute Gasteiger partial charge is 0.454 e. The fraction of sp³-hybridized carbons (Fsp3) is 0.286. The number of alkyl halides is 3. The Bertz CT molecular complexity index is 548. The van der Waals surface area contributed by atoms with Crippen molar-refractivity contribution in [1.29, 1.82) is 0 Å². The number of halogens is 3. The molecule has 1 aromatic rings. The van der Waals surface area contributed by atoms with E-state index in [-0.39, 0.29) is 18.1 Å². The fourth-order valence-corrected chi connectivity index (χ4v) is 1.49. The molecular formula is C14H14F3NO3. The van der Waals surface area contributed by atoms with Gasteiger partial charge < -0.3 is 10.1 Å². The highest BCUT2D eigenvalue weighted by molar-refractivity contribution is 5.95. The van der Waals surface area contributed by atoms with Crippen molar-refractivity contribution in [3.05, 3.63) is 41.6 Å². The van der Waals surface area contributed by atoms with Crippen LogP contribution in [0.3, 0.4) is 0 Å². The summed E-state index contributed by atoms with van der Waals surface area (Å²) < 4.78 is 40.8. The molecule has 0 heterocycles. The van der Waals surface area contributed by atoms with Gasteiger partial charge in [0.2, 0.25) is 0 Å². The molecule has 0 saturated carbocycles. The van der Waals surface area contributed by atoms with Crippen LogP contribution >= 0.6 is 0 Å². The van der Waals surface area contributed by atoms with E-state index in [1.165, 1.54) is 14.0 Å². The maximum absolute atomic E-state index is 12.1. The summed E-state index contributed by atoms with van der Waals surface area (Å²) in [5, 5.41) is 2.66. The van der Waals surface area contributed by atoms with Crippen molar-refractivity contribution in [3.8, 4) is 0 Å².